The Kier molecular flexibility index (Phi) is 5.12. The van der Waals surface area contributed by atoms with E-state index in [1.165, 1.54) is 0 Å². The number of nitrogens with one attached hydrogen (secondary N) is 2. The van der Waals surface area contributed by atoms with Crippen molar-refractivity contribution >= 4 is 11.6 Å². The summed E-state index contributed by atoms with van der Waals surface area (Å²) in [6.07, 6.45) is 5.09. The predicted octanol–water partition coefficient (Wildman–Crippen LogP) is 2.95. The Morgan fingerprint density at radius 2 is 1.86 bits per heavy atom. The van der Waals surface area contributed by atoms with E-state index in [4.69, 9.17) is 5.84 Å². The average Bonchev–Trinajstić information content (AvgIpc) is 2.63. The van der Waals surface area contributed by atoms with E-state index in [1.54, 1.807) is 0 Å². The van der Waals surface area contributed by atoms with Crippen LogP contribution in [0.25, 0.3) is 0 Å². The van der Waals surface area contributed by atoms with Crippen molar-refractivity contribution in [2.24, 2.45) is 11.8 Å². The molecule has 4 nitrogen and oxygen atoms in total. The third-order valence-electron chi connectivity index (χ3n) is 4.04. The maximum Gasteiger partial charge on any atom is 0.251 e. The van der Waals surface area contributed by atoms with Gasteiger partial charge in [0, 0.05) is 11.6 Å². The fraction of sp³-hybridized carbons (Fsp3) is 0.533. The highest BCUT2D eigenvalue weighted by atomic mass is 19.1. The molecule has 6 heteroatoms. The number of nitrogens with two attached hydrogens (primary N) is 1. The summed E-state index contributed by atoms with van der Waals surface area (Å²) in [4.78, 5) is 12.1. The van der Waals surface area contributed by atoms with Gasteiger partial charge in [-0.15, -0.1) is 0 Å². The Bertz CT molecular complexity index is 499. The average molecular weight is 297 g/mol. The molecule has 1 fully saturated rings. The molecule has 1 aromatic rings. The summed E-state index contributed by atoms with van der Waals surface area (Å²) in [5.41, 5.74) is 1.48. The molecule has 2 atom stereocenters. The molecule has 0 heterocycles. The lowest BCUT2D eigenvalue weighted by atomic mass is 10.0. The molecular weight excluding hydrogens is 276 g/mol. The fourth-order valence-corrected chi connectivity index (χ4v) is 2.74. The smallest absolute Gasteiger partial charge is 0.251 e. The summed E-state index contributed by atoms with van der Waals surface area (Å²) in [5, 5.41) is 2.86. The topological polar surface area (TPSA) is 67.2 Å². The highest BCUT2D eigenvalue weighted by Gasteiger charge is 2.20. The van der Waals surface area contributed by atoms with Crippen molar-refractivity contribution in [2.75, 3.05) is 5.43 Å². The van der Waals surface area contributed by atoms with Crippen LogP contribution in [-0.2, 0) is 0 Å². The number of benzene rings is 1. The van der Waals surface area contributed by atoms with E-state index in [9.17, 15) is 13.6 Å². The van der Waals surface area contributed by atoms with Crippen molar-refractivity contribution < 1.29 is 13.6 Å². The third-order valence-corrected chi connectivity index (χ3v) is 4.04. The third kappa shape index (κ3) is 3.91. The quantitative estimate of drug-likeness (QED) is 0.456. The second-order valence-corrected chi connectivity index (χ2v) is 5.74. The number of amides is 1. The molecule has 0 aromatic heterocycles. The maximum atomic E-state index is 13.6. The Labute approximate surface area is 123 Å². The van der Waals surface area contributed by atoms with Gasteiger partial charge in [0.05, 0.1) is 0 Å². The van der Waals surface area contributed by atoms with Gasteiger partial charge in [-0.05, 0) is 37.3 Å². The van der Waals surface area contributed by atoms with Crippen LogP contribution in [0.1, 0.15) is 49.4 Å². The zero-order chi connectivity index (χ0) is 15.4. The fourth-order valence-electron chi connectivity index (χ4n) is 2.74. The summed E-state index contributed by atoms with van der Waals surface area (Å²) in [6, 6.07) is 2.06. The summed E-state index contributed by atoms with van der Waals surface area (Å²) >= 11 is 0. The molecule has 1 aliphatic carbocycles. The molecule has 1 aromatic carbocycles. The molecular formula is C15H21F2N3O. The van der Waals surface area contributed by atoms with Crippen LogP contribution >= 0.6 is 0 Å². The van der Waals surface area contributed by atoms with E-state index in [1.807, 2.05) is 5.43 Å². The Balaban J connectivity index is 2.06. The molecule has 0 saturated heterocycles. The maximum absolute atomic E-state index is 13.6. The number of hydrogen-bond donors (Lipinski definition) is 3. The first-order valence-corrected chi connectivity index (χ1v) is 7.27. The van der Waals surface area contributed by atoms with Gasteiger partial charge in [-0.1, -0.05) is 19.8 Å². The van der Waals surface area contributed by atoms with Gasteiger partial charge in [-0.25, -0.2) is 8.78 Å². The molecule has 1 aliphatic rings. The van der Waals surface area contributed by atoms with E-state index in [-0.39, 0.29) is 11.6 Å². The van der Waals surface area contributed by atoms with Crippen molar-refractivity contribution in [2.45, 2.75) is 45.1 Å². The molecule has 0 bridgehead atoms. The highest BCUT2D eigenvalue weighted by molar-refractivity contribution is 5.94. The minimum absolute atomic E-state index is 0.0266. The Morgan fingerprint density at radius 1 is 1.19 bits per heavy atom. The van der Waals surface area contributed by atoms with Gasteiger partial charge in [-0.2, -0.15) is 0 Å². The van der Waals surface area contributed by atoms with Crippen LogP contribution < -0.4 is 16.6 Å². The number of carbonyl (C=O) groups excluding carboxylic acids is 1. The number of hydrazine groups is 1. The summed E-state index contributed by atoms with van der Waals surface area (Å²) in [7, 11) is 0. The molecule has 0 radical (unpaired) electrons. The Hall–Kier alpha value is -1.69. The van der Waals surface area contributed by atoms with Crippen LogP contribution in [0.2, 0.25) is 0 Å². The predicted molar refractivity (Wildman–Crippen MR) is 77.7 cm³/mol. The van der Waals surface area contributed by atoms with Gasteiger partial charge in [-0.3, -0.25) is 10.6 Å². The monoisotopic (exact) mass is 297 g/mol. The van der Waals surface area contributed by atoms with Crippen LogP contribution in [0.4, 0.5) is 14.5 Å². The van der Waals surface area contributed by atoms with Crippen molar-refractivity contribution in [3.8, 4) is 0 Å². The number of anilines is 1. The first kappa shape index (κ1) is 15.7. The van der Waals surface area contributed by atoms with E-state index in [0.29, 0.717) is 5.92 Å². The first-order chi connectivity index (χ1) is 10.0. The molecule has 4 N–H and O–H groups in total. The molecule has 116 valence electrons. The first-order valence-electron chi connectivity index (χ1n) is 7.27. The second kappa shape index (κ2) is 6.85. The minimum Gasteiger partial charge on any atom is -0.349 e. The number of nitrogen functional groups attached to an aromatic ring is 1. The lowest BCUT2D eigenvalue weighted by molar-refractivity contribution is 0.0932. The van der Waals surface area contributed by atoms with Gasteiger partial charge in [0.1, 0.15) is 5.69 Å². The molecule has 0 aliphatic heterocycles. The number of hydrogen-bond acceptors (Lipinski definition) is 3. The molecule has 2 rings (SSSR count). The molecule has 21 heavy (non-hydrogen) atoms. The molecule has 1 amide bonds. The summed E-state index contributed by atoms with van der Waals surface area (Å²) in [5.74, 6) is 3.49. The highest BCUT2D eigenvalue weighted by Crippen LogP contribution is 2.23. The lowest BCUT2D eigenvalue weighted by Gasteiger charge is -2.17. The Morgan fingerprint density at radius 3 is 2.48 bits per heavy atom. The van der Waals surface area contributed by atoms with Gasteiger partial charge < -0.3 is 10.7 Å². The largest absolute Gasteiger partial charge is 0.349 e. The minimum atomic E-state index is -0.878. The van der Waals surface area contributed by atoms with Crippen molar-refractivity contribution in [1.82, 2.24) is 5.32 Å². The molecule has 2 unspecified atom stereocenters. The SMILES string of the molecule is CC1CCCC(NC(=O)c2cc(F)c(NN)c(F)c2)CC1. The van der Waals surface area contributed by atoms with Crippen LogP contribution in [0, 0.1) is 17.6 Å². The lowest BCUT2D eigenvalue weighted by Crippen LogP contribution is -2.34. The number of carbonyl (C=O) groups is 1. The van der Waals surface area contributed by atoms with E-state index < -0.39 is 23.2 Å². The summed E-state index contributed by atoms with van der Waals surface area (Å²) in [6.45, 7) is 2.20. The second-order valence-electron chi connectivity index (χ2n) is 5.74. The zero-order valence-electron chi connectivity index (χ0n) is 12.1. The van der Waals surface area contributed by atoms with Crippen molar-refractivity contribution in [3.63, 3.8) is 0 Å². The standard InChI is InChI=1S/C15H21F2N3O/c1-9-3-2-4-11(6-5-9)19-15(21)10-7-12(16)14(20-18)13(17)8-10/h7-9,11,20H,2-6,18H2,1H3,(H,19,21). The number of halogens is 2. The van der Waals surface area contributed by atoms with Gasteiger partial charge >= 0.3 is 0 Å². The number of rotatable bonds is 3. The molecule has 0 spiro atoms. The van der Waals surface area contributed by atoms with Crippen LogP contribution in [0.15, 0.2) is 12.1 Å². The summed E-state index contributed by atoms with van der Waals surface area (Å²) < 4.78 is 27.2. The van der Waals surface area contributed by atoms with E-state index in [0.717, 1.165) is 44.2 Å². The van der Waals surface area contributed by atoms with Crippen molar-refractivity contribution in [1.29, 1.82) is 0 Å². The van der Waals surface area contributed by atoms with E-state index >= 15 is 0 Å². The zero-order valence-corrected chi connectivity index (χ0v) is 12.1. The van der Waals surface area contributed by atoms with Gasteiger partial charge in [0.15, 0.2) is 11.6 Å². The van der Waals surface area contributed by atoms with Gasteiger partial charge in [0.25, 0.3) is 5.91 Å². The van der Waals surface area contributed by atoms with Crippen LogP contribution in [-0.4, -0.2) is 11.9 Å². The molecule has 1 saturated carbocycles. The van der Waals surface area contributed by atoms with Gasteiger partial charge in [0.2, 0.25) is 0 Å². The normalized spacial score (nSPS) is 22.5. The van der Waals surface area contributed by atoms with E-state index in [2.05, 4.69) is 12.2 Å². The van der Waals surface area contributed by atoms with Crippen LogP contribution in [0.5, 0.6) is 0 Å². The van der Waals surface area contributed by atoms with Crippen LogP contribution in [0.3, 0.4) is 0 Å². The van der Waals surface area contributed by atoms with Crippen molar-refractivity contribution in [3.05, 3.63) is 29.3 Å².